The monoisotopic (exact) mass is 490 g/mol. The van der Waals surface area contributed by atoms with E-state index < -0.39 is 21.7 Å². The summed E-state index contributed by atoms with van der Waals surface area (Å²) >= 11 is 0. The van der Waals surface area contributed by atoms with E-state index in [-0.39, 0.29) is 17.1 Å². The molecule has 4 rings (SSSR count). The number of benzene rings is 2. The smallest absolute Gasteiger partial charge is 0.242 e. The lowest BCUT2D eigenvalue weighted by molar-refractivity contribution is -0.138. The standard InChI is InChI=1S/C24H28F2N4O3S/c1-28(34(31,32)22-5-2-19(13-27)3-6-22)10-11-30-16-20-14-29(15-21(17-30)33-20)9-8-18-4-7-23(25)24(26)12-18/h2-7,12,20-21H,8-11,14-17H2,1H3. The van der Waals surface area contributed by atoms with Gasteiger partial charge in [0.15, 0.2) is 11.6 Å². The fourth-order valence-electron chi connectivity index (χ4n) is 4.49. The van der Waals surface area contributed by atoms with E-state index in [2.05, 4.69) is 9.80 Å². The summed E-state index contributed by atoms with van der Waals surface area (Å²) in [5, 5.41) is 8.90. The molecule has 10 heteroatoms. The van der Waals surface area contributed by atoms with Crippen LogP contribution in [0.4, 0.5) is 8.78 Å². The van der Waals surface area contributed by atoms with Crippen LogP contribution in [0, 0.1) is 23.0 Å². The Morgan fingerprint density at radius 3 is 2.21 bits per heavy atom. The number of hydrogen-bond acceptors (Lipinski definition) is 6. The van der Waals surface area contributed by atoms with Crippen LogP contribution in [0.1, 0.15) is 11.1 Å². The van der Waals surface area contributed by atoms with Crippen LogP contribution in [-0.2, 0) is 21.2 Å². The molecule has 2 heterocycles. The Bertz CT molecular complexity index is 1140. The zero-order valence-corrected chi connectivity index (χ0v) is 19.8. The summed E-state index contributed by atoms with van der Waals surface area (Å²) in [6.45, 7) is 4.60. The van der Waals surface area contributed by atoms with Gasteiger partial charge in [-0.3, -0.25) is 9.80 Å². The van der Waals surface area contributed by atoms with Crippen molar-refractivity contribution >= 4 is 10.0 Å². The van der Waals surface area contributed by atoms with Crippen LogP contribution >= 0.6 is 0 Å². The number of fused-ring (bicyclic) bond motifs is 2. The highest BCUT2D eigenvalue weighted by atomic mass is 32.2. The lowest BCUT2D eigenvalue weighted by atomic mass is 10.1. The molecule has 2 atom stereocenters. The molecular formula is C24H28F2N4O3S. The van der Waals surface area contributed by atoms with Crippen molar-refractivity contribution < 1.29 is 21.9 Å². The second-order valence-corrected chi connectivity index (χ2v) is 10.9. The molecule has 34 heavy (non-hydrogen) atoms. The highest BCUT2D eigenvalue weighted by Crippen LogP contribution is 2.21. The molecule has 2 aromatic carbocycles. The average molecular weight is 491 g/mol. The van der Waals surface area contributed by atoms with Crippen molar-refractivity contribution in [3.63, 3.8) is 0 Å². The molecule has 2 saturated heterocycles. The van der Waals surface area contributed by atoms with E-state index in [1.165, 1.54) is 34.6 Å². The number of sulfonamides is 1. The molecular weight excluding hydrogens is 462 g/mol. The van der Waals surface area contributed by atoms with Crippen molar-refractivity contribution in [1.82, 2.24) is 14.1 Å². The first-order chi connectivity index (χ1) is 16.2. The lowest BCUT2D eigenvalue weighted by Gasteiger charge is -2.46. The maximum absolute atomic E-state index is 13.4. The second kappa shape index (κ2) is 10.5. The largest absolute Gasteiger partial charge is 0.370 e. The Kier molecular flexibility index (Phi) is 7.60. The number of halogens is 2. The SMILES string of the molecule is CN(CCN1CC2CN(CCc3ccc(F)c(F)c3)CC(C1)O2)S(=O)(=O)c1ccc(C#N)cc1. The van der Waals surface area contributed by atoms with Crippen molar-refractivity contribution in [1.29, 1.82) is 5.26 Å². The molecule has 2 aliphatic heterocycles. The number of ether oxygens (including phenoxy) is 1. The van der Waals surface area contributed by atoms with Gasteiger partial charge in [-0.1, -0.05) is 6.07 Å². The summed E-state index contributed by atoms with van der Waals surface area (Å²) in [6, 6.07) is 11.9. The zero-order valence-electron chi connectivity index (χ0n) is 19.0. The van der Waals surface area contributed by atoms with Gasteiger partial charge in [-0.25, -0.2) is 17.2 Å². The average Bonchev–Trinajstić information content (AvgIpc) is 2.82. The second-order valence-electron chi connectivity index (χ2n) is 8.86. The van der Waals surface area contributed by atoms with Crippen LogP contribution in [0.15, 0.2) is 47.4 Å². The summed E-state index contributed by atoms with van der Waals surface area (Å²) < 4.78 is 59.6. The number of nitriles is 1. The van der Waals surface area contributed by atoms with Crippen LogP contribution < -0.4 is 0 Å². The predicted octanol–water partition coefficient (Wildman–Crippen LogP) is 2.08. The molecule has 2 aliphatic rings. The lowest BCUT2D eigenvalue weighted by Crippen LogP contribution is -2.60. The first-order valence-corrected chi connectivity index (χ1v) is 12.7. The molecule has 0 saturated carbocycles. The Balaban J connectivity index is 1.26. The predicted molar refractivity (Wildman–Crippen MR) is 123 cm³/mol. The maximum Gasteiger partial charge on any atom is 0.242 e. The maximum atomic E-state index is 13.4. The number of morpholine rings is 2. The van der Waals surface area contributed by atoms with Gasteiger partial charge in [-0.15, -0.1) is 0 Å². The quantitative estimate of drug-likeness (QED) is 0.564. The molecule has 0 N–H and O–H groups in total. The van der Waals surface area contributed by atoms with E-state index in [0.29, 0.717) is 38.2 Å². The number of nitrogens with zero attached hydrogens (tertiary/aromatic N) is 4. The highest BCUT2D eigenvalue weighted by Gasteiger charge is 2.35. The van der Waals surface area contributed by atoms with Crippen LogP contribution in [0.2, 0.25) is 0 Å². The molecule has 0 radical (unpaired) electrons. The van der Waals surface area contributed by atoms with Crippen molar-refractivity contribution in [2.24, 2.45) is 0 Å². The summed E-state index contributed by atoms with van der Waals surface area (Å²) in [5.41, 5.74) is 1.18. The Morgan fingerprint density at radius 1 is 1.00 bits per heavy atom. The number of rotatable bonds is 8. The fourth-order valence-corrected chi connectivity index (χ4v) is 5.65. The summed E-state index contributed by atoms with van der Waals surface area (Å²) in [6.07, 6.45) is 0.689. The van der Waals surface area contributed by atoms with Crippen LogP contribution in [0.25, 0.3) is 0 Å². The summed E-state index contributed by atoms with van der Waals surface area (Å²) in [5.74, 6) is -1.65. The van der Waals surface area contributed by atoms with Crippen molar-refractivity contribution in [2.75, 3.05) is 52.9 Å². The molecule has 7 nitrogen and oxygen atoms in total. The highest BCUT2D eigenvalue weighted by molar-refractivity contribution is 7.89. The Morgan fingerprint density at radius 2 is 1.62 bits per heavy atom. The zero-order chi connectivity index (χ0) is 24.3. The molecule has 2 bridgehead atoms. The van der Waals surface area contributed by atoms with Gasteiger partial charge in [0, 0.05) is 52.9 Å². The molecule has 0 aliphatic carbocycles. The minimum atomic E-state index is -3.62. The normalized spacial score (nSPS) is 21.5. The number of likely N-dealkylation sites (N-methyl/N-ethyl adjacent to an activating group) is 1. The van der Waals surface area contributed by atoms with Gasteiger partial charge in [0.25, 0.3) is 0 Å². The third-order valence-corrected chi connectivity index (χ3v) is 8.23. The van der Waals surface area contributed by atoms with Crippen molar-refractivity contribution in [3.8, 4) is 6.07 Å². The van der Waals surface area contributed by atoms with Crippen LogP contribution in [-0.4, -0.2) is 87.6 Å². The fraction of sp³-hybridized carbons (Fsp3) is 0.458. The van der Waals surface area contributed by atoms with Gasteiger partial charge in [-0.05, 0) is 48.4 Å². The van der Waals surface area contributed by atoms with Gasteiger partial charge in [0.05, 0.1) is 28.7 Å². The third-order valence-electron chi connectivity index (χ3n) is 6.36. The van der Waals surface area contributed by atoms with Gasteiger partial charge < -0.3 is 4.74 Å². The van der Waals surface area contributed by atoms with E-state index in [1.807, 2.05) is 6.07 Å². The summed E-state index contributed by atoms with van der Waals surface area (Å²) in [7, 11) is -2.06. The van der Waals surface area contributed by atoms with Gasteiger partial charge >= 0.3 is 0 Å². The molecule has 0 amide bonds. The Hall–Kier alpha value is -2.42. The summed E-state index contributed by atoms with van der Waals surface area (Å²) in [4.78, 5) is 4.69. The van der Waals surface area contributed by atoms with E-state index in [4.69, 9.17) is 10.00 Å². The van der Waals surface area contributed by atoms with Crippen LogP contribution in [0.5, 0.6) is 0 Å². The first kappa shape index (κ1) is 24.7. The topological polar surface area (TPSA) is 76.9 Å². The molecule has 0 aromatic heterocycles. The first-order valence-electron chi connectivity index (χ1n) is 11.2. The van der Waals surface area contributed by atoms with E-state index >= 15 is 0 Å². The van der Waals surface area contributed by atoms with Gasteiger partial charge in [-0.2, -0.15) is 9.57 Å². The van der Waals surface area contributed by atoms with Crippen LogP contribution in [0.3, 0.4) is 0 Å². The van der Waals surface area contributed by atoms with Gasteiger partial charge in [0.1, 0.15) is 0 Å². The molecule has 2 aromatic rings. The van der Waals surface area contributed by atoms with E-state index in [0.717, 1.165) is 31.3 Å². The van der Waals surface area contributed by atoms with Gasteiger partial charge in [0.2, 0.25) is 10.0 Å². The molecule has 2 fully saturated rings. The van der Waals surface area contributed by atoms with E-state index in [1.54, 1.807) is 13.1 Å². The minimum absolute atomic E-state index is 0.0258. The Labute approximate surface area is 199 Å². The van der Waals surface area contributed by atoms with Crippen molar-refractivity contribution in [3.05, 3.63) is 65.2 Å². The third kappa shape index (κ3) is 5.79. The minimum Gasteiger partial charge on any atom is -0.370 e. The molecule has 2 unspecified atom stereocenters. The van der Waals surface area contributed by atoms with Crippen molar-refractivity contribution in [2.45, 2.75) is 23.5 Å². The molecule has 182 valence electrons. The molecule has 0 spiro atoms. The number of hydrogen-bond donors (Lipinski definition) is 0. The van der Waals surface area contributed by atoms with E-state index in [9.17, 15) is 17.2 Å².